The minimum atomic E-state index is -0.421. The van der Waals surface area contributed by atoms with Crippen LogP contribution in [0.1, 0.15) is 48.4 Å². The fraction of sp³-hybridized carbons (Fsp3) is 0.500. The number of fused-ring (bicyclic) bond motifs is 1. The molecular formula is C32H44INO8. The quantitative estimate of drug-likeness (QED) is 0.0865. The Balaban J connectivity index is 0.00000616. The molecule has 2 unspecified atom stereocenters. The number of rotatable bonds is 16. The second-order valence-corrected chi connectivity index (χ2v) is 10.4. The van der Waals surface area contributed by atoms with Gasteiger partial charge in [-0.2, -0.15) is 0 Å². The maximum atomic E-state index is 12.7. The second-order valence-electron chi connectivity index (χ2n) is 10.4. The number of hydrogen-bond acceptors (Lipinski definition) is 8. The number of benzene rings is 2. The van der Waals surface area contributed by atoms with Gasteiger partial charge < -0.3 is 56.9 Å². The molecule has 0 aromatic heterocycles. The van der Waals surface area contributed by atoms with Crippen molar-refractivity contribution in [3.8, 4) is 23.0 Å². The van der Waals surface area contributed by atoms with Crippen LogP contribution in [0.2, 0.25) is 0 Å². The molecule has 9 nitrogen and oxygen atoms in total. The van der Waals surface area contributed by atoms with Gasteiger partial charge in [-0.3, -0.25) is 4.79 Å². The Labute approximate surface area is 266 Å². The van der Waals surface area contributed by atoms with Gasteiger partial charge in [0, 0.05) is 24.5 Å². The second kappa shape index (κ2) is 17.2. The standard InChI is InChI=1S/C32H44NO8.HI/c1-7-31(34)40-17-9-8-10-18-41-32(35)14-16-33(2)15-13-24-21-29(38-5)30(39-6)22-25(24)26(33)19-23-11-12-27(36-3)28(20-23)37-4;/h7,11-12,20-22,26H,1,8-10,13-19H2,2-6H3;1H/q+1;/p-1. The highest BCUT2D eigenvalue weighted by atomic mass is 127. The lowest BCUT2D eigenvalue weighted by molar-refractivity contribution is -0.940. The van der Waals surface area contributed by atoms with E-state index in [-0.39, 0.29) is 36.0 Å². The molecule has 1 aliphatic heterocycles. The van der Waals surface area contributed by atoms with Crippen LogP contribution < -0.4 is 42.9 Å². The van der Waals surface area contributed by atoms with Crippen molar-refractivity contribution in [3.05, 3.63) is 59.7 Å². The third-order valence-electron chi connectivity index (χ3n) is 7.82. The van der Waals surface area contributed by atoms with Crippen LogP contribution in [-0.2, 0) is 31.9 Å². The van der Waals surface area contributed by atoms with Gasteiger partial charge in [0.15, 0.2) is 23.0 Å². The van der Waals surface area contributed by atoms with E-state index in [0.29, 0.717) is 47.9 Å². The van der Waals surface area contributed by atoms with Crippen LogP contribution in [0.15, 0.2) is 43.0 Å². The third-order valence-corrected chi connectivity index (χ3v) is 7.82. The van der Waals surface area contributed by atoms with E-state index in [2.05, 4.69) is 31.8 Å². The summed E-state index contributed by atoms with van der Waals surface area (Å²) >= 11 is 0. The Bertz CT molecular complexity index is 1200. The van der Waals surface area contributed by atoms with E-state index in [9.17, 15) is 9.59 Å². The maximum absolute atomic E-state index is 12.7. The smallest absolute Gasteiger partial charge is 0.330 e. The van der Waals surface area contributed by atoms with Crippen molar-refractivity contribution in [3.63, 3.8) is 0 Å². The van der Waals surface area contributed by atoms with Crippen LogP contribution in [-0.4, -0.2) is 78.2 Å². The molecule has 0 bridgehead atoms. The van der Waals surface area contributed by atoms with Gasteiger partial charge in [-0.1, -0.05) is 12.6 Å². The van der Waals surface area contributed by atoms with E-state index >= 15 is 0 Å². The van der Waals surface area contributed by atoms with Gasteiger partial charge in [-0.15, -0.1) is 0 Å². The van der Waals surface area contributed by atoms with Crippen molar-refractivity contribution >= 4 is 11.9 Å². The average molecular weight is 698 g/mol. The van der Waals surface area contributed by atoms with Crippen molar-refractivity contribution in [2.24, 2.45) is 0 Å². The highest BCUT2D eigenvalue weighted by Crippen LogP contribution is 2.43. The number of carbonyl (C=O) groups excluding carboxylic acids is 2. The third kappa shape index (κ3) is 9.26. The number of ether oxygens (including phenoxy) is 6. The molecule has 1 heterocycles. The monoisotopic (exact) mass is 697 g/mol. The Morgan fingerprint density at radius 3 is 2.14 bits per heavy atom. The molecule has 232 valence electrons. The summed E-state index contributed by atoms with van der Waals surface area (Å²) in [6.07, 6.45) is 5.32. The molecule has 0 spiro atoms. The normalized spacial score (nSPS) is 17.2. The summed E-state index contributed by atoms with van der Waals surface area (Å²) in [6.45, 7) is 5.58. The summed E-state index contributed by atoms with van der Waals surface area (Å²) in [7, 11) is 8.77. The van der Waals surface area contributed by atoms with Gasteiger partial charge in [0.25, 0.3) is 0 Å². The van der Waals surface area contributed by atoms with Crippen LogP contribution in [0.25, 0.3) is 0 Å². The van der Waals surface area contributed by atoms with E-state index in [1.54, 1.807) is 28.4 Å². The molecule has 0 saturated heterocycles. The Hall–Kier alpha value is -2.99. The zero-order valence-corrected chi connectivity index (χ0v) is 27.6. The van der Waals surface area contributed by atoms with Gasteiger partial charge in [0.05, 0.1) is 68.2 Å². The molecule has 2 aromatic rings. The van der Waals surface area contributed by atoms with E-state index < -0.39 is 5.97 Å². The van der Waals surface area contributed by atoms with Crippen molar-refractivity contribution in [2.75, 3.05) is 61.8 Å². The number of methoxy groups -OCH3 is 4. The first-order valence-electron chi connectivity index (χ1n) is 14.0. The van der Waals surface area contributed by atoms with Gasteiger partial charge in [0.2, 0.25) is 0 Å². The summed E-state index contributed by atoms with van der Waals surface area (Å²) in [5, 5.41) is 0. The number of carbonyl (C=O) groups is 2. The molecule has 10 heteroatoms. The topological polar surface area (TPSA) is 89.5 Å². The predicted molar refractivity (Wildman–Crippen MR) is 156 cm³/mol. The number of quaternary nitrogens is 1. The molecular weight excluding hydrogens is 653 g/mol. The Morgan fingerprint density at radius 1 is 0.881 bits per heavy atom. The van der Waals surface area contributed by atoms with Gasteiger partial charge >= 0.3 is 11.9 Å². The van der Waals surface area contributed by atoms with Crippen molar-refractivity contribution in [2.45, 2.75) is 44.6 Å². The van der Waals surface area contributed by atoms with Crippen molar-refractivity contribution in [1.29, 1.82) is 0 Å². The van der Waals surface area contributed by atoms with Crippen LogP contribution in [0.3, 0.4) is 0 Å². The zero-order valence-electron chi connectivity index (χ0n) is 25.4. The number of esters is 2. The van der Waals surface area contributed by atoms with Crippen molar-refractivity contribution in [1.82, 2.24) is 0 Å². The molecule has 0 fully saturated rings. The van der Waals surface area contributed by atoms with Crippen LogP contribution in [0.4, 0.5) is 0 Å². The Morgan fingerprint density at radius 2 is 1.50 bits per heavy atom. The summed E-state index contributed by atoms with van der Waals surface area (Å²) < 4.78 is 33.4. The number of nitrogens with zero attached hydrogens (tertiary/aromatic N) is 1. The van der Waals surface area contributed by atoms with E-state index in [0.717, 1.165) is 56.0 Å². The van der Waals surface area contributed by atoms with E-state index in [4.69, 9.17) is 28.4 Å². The summed E-state index contributed by atoms with van der Waals surface area (Å²) in [5.41, 5.74) is 3.53. The minimum Gasteiger partial charge on any atom is -1.00 e. The van der Waals surface area contributed by atoms with Crippen LogP contribution in [0, 0.1) is 0 Å². The van der Waals surface area contributed by atoms with E-state index in [1.165, 1.54) is 11.1 Å². The molecule has 1 aliphatic rings. The minimum absolute atomic E-state index is 0. The van der Waals surface area contributed by atoms with Crippen LogP contribution >= 0.6 is 0 Å². The molecule has 0 radical (unpaired) electrons. The van der Waals surface area contributed by atoms with Crippen LogP contribution in [0.5, 0.6) is 23.0 Å². The SMILES string of the molecule is C=CC(=O)OCCCCCOC(=O)CC[N+]1(C)CCc2cc(OC)c(OC)cc2C1Cc1ccc(OC)c(OC)c1.[I-]. The lowest BCUT2D eigenvalue weighted by Gasteiger charge is -2.46. The molecule has 0 aliphatic carbocycles. The predicted octanol–water partition coefficient (Wildman–Crippen LogP) is 1.84. The van der Waals surface area contributed by atoms with E-state index in [1.807, 2.05) is 12.1 Å². The molecule has 0 amide bonds. The lowest BCUT2D eigenvalue weighted by atomic mass is 9.86. The highest BCUT2D eigenvalue weighted by Gasteiger charge is 2.40. The molecule has 0 saturated carbocycles. The zero-order chi connectivity index (χ0) is 29.8. The largest absolute Gasteiger partial charge is 1.00 e. The average Bonchev–Trinajstić information content (AvgIpc) is 3.00. The van der Waals surface area contributed by atoms with Gasteiger partial charge in [-0.25, -0.2) is 4.79 Å². The van der Waals surface area contributed by atoms with Crippen molar-refractivity contribution < 1.29 is 66.5 Å². The number of halogens is 1. The summed E-state index contributed by atoms with van der Waals surface area (Å²) in [4.78, 5) is 23.8. The number of unbranched alkanes of at least 4 members (excludes halogenated alkanes) is 2. The number of likely N-dealkylation sites (N-methyl/N-ethyl adjacent to an activating group) is 1. The van der Waals surface area contributed by atoms with Gasteiger partial charge in [-0.05, 0) is 54.7 Å². The fourth-order valence-corrected chi connectivity index (χ4v) is 5.38. The lowest BCUT2D eigenvalue weighted by Crippen LogP contribution is -3.00. The molecule has 3 rings (SSSR count). The first kappa shape index (κ1) is 35.2. The maximum Gasteiger partial charge on any atom is 0.330 e. The van der Waals surface area contributed by atoms with Gasteiger partial charge in [0.1, 0.15) is 6.04 Å². The first-order chi connectivity index (χ1) is 19.8. The summed E-state index contributed by atoms with van der Waals surface area (Å²) in [5.74, 6) is 2.15. The fourth-order valence-electron chi connectivity index (χ4n) is 5.38. The first-order valence-corrected chi connectivity index (χ1v) is 14.0. The number of hydrogen-bond donors (Lipinski definition) is 0. The molecule has 0 N–H and O–H groups in total. The molecule has 2 atom stereocenters. The molecule has 42 heavy (non-hydrogen) atoms. The summed E-state index contributed by atoms with van der Waals surface area (Å²) in [6, 6.07) is 10.2. The molecule has 2 aromatic carbocycles. The highest BCUT2D eigenvalue weighted by molar-refractivity contribution is 5.81. The Kier molecular flexibility index (Phi) is 14.4.